The van der Waals surface area contributed by atoms with Crippen LogP contribution in [0.5, 0.6) is 5.75 Å². The van der Waals surface area contributed by atoms with Crippen molar-refractivity contribution in [2.24, 2.45) is 5.73 Å². The summed E-state index contributed by atoms with van der Waals surface area (Å²) in [7, 11) is 0. The fourth-order valence-electron chi connectivity index (χ4n) is 3.96. The van der Waals surface area contributed by atoms with E-state index in [1.54, 1.807) is 33.7 Å². The topological polar surface area (TPSA) is 84.3 Å². The van der Waals surface area contributed by atoms with Gasteiger partial charge in [-0.1, -0.05) is 24.3 Å². The number of carbonyl (C=O) groups is 1. The molecule has 0 saturated carbocycles. The van der Waals surface area contributed by atoms with Crippen molar-refractivity contribution < 1.29 is 27.1 Å². The monoisotopic (exact) mass is 462 g/mol. The highest BCUT2D eigenvalue weighted by molar-refractivity contribution is 6.02. The van der Waals surface area contributed by atoms with Crippen LogP contribution >= 0.6 is 0 Å². The van der Waals surface area contributed by atoms with Crippen molar-refractivity contribution in [3.8, 4) is 5.75 Å². The van der Waals surface area contributed by atoms with E-state index in [0.29, 0.717) is 35.4 Å². The van der Waals surface area contributed by atoms with Crippen LogP contribution in [-0.2, 0) is 6.54 Å². The third-order valence-electron chi connectivity index (χ3n) is 5.64. The molecular formula is C23H22F4N4O2. The number of carbonyl (C=O) groups excluding carboxylic acids is 1. The molecule has 1 aromatic heterocycles. The van der Waals surface area contributed by atoms with Gasteiger partial charge in [0.2, 0.25) is 0 Å². The number of rotatable bonds is 5. The number of fused-ring (bicyclic) bond motifs is 1. The van der Waals surface area contributed by atoms with Crippen LogP contribution in [0.4, 0.5) is 17.6 Å². The Balaban J connectivity index is 1.71. The molecule has 0 radical (unpaired) electrons. The van der Waals surface area contributed by atoms with Crippen molar-refractivity contribution in [2.45, 2.75) is 31.9 Å². The second-order valence-corrected chi connectivity index (χ2v) is 7.96. The van der Waals surface area contributed by atoms with E-state index in [4.69, 9.17) is 11.1 Å². The van der Waals surface area contributed by atoms with Crippen LogP contribution in [0.3, 0.4) is 0 Å². The number of aromatic nitrogens is 1. The van der Waals surface area contributed by atoms with Gasteiger partial charge in [-0.2, -0.15) is 0 Å². The smallest absolute Gasteiger partial charge is 0.406 e. The number of likely N-dealkylation sites (tertiary alicyclic amines) is 1. The summed E-state index contributed by atoms with van der Waals surface area (Å²) in [4.78, 5) is 14.9. The summed E-state index contributed by atoms with van der Waals surface area (Å²) >= 11 is 0. The second kappa shape index (κ2) is 8.76. The summed E-state index contributed by atoms with van der Waals surface area (Å²) in [6, 6.07) is 12.3. The van der Waals surface area contributed by atoms with Crippen LogP contribution in [0.2, 0.25) is 0 Å². The van der Waals surface area contributed by atoms with Crippen molar-refractivity contribution in [1.29, 1.82) is 5.41 Å². The molecule has 2 aromatic carbocycles. The molecule has 10 heteroatoms. The highest BCUT2D eigenvalue weighted by Crippen LogP contribution is 2.27. The molecule has 2 heterocycles. The summed E-state index contributed by atoms with van der Waals surface area (Å²) in [6.45, 7) is 0.811. The number of nitrogens with one attached hydrogen (secondary N) is 1. The third kappa shape index (κ3) is 5.10. The Morgan fingerprint density at radius 2 is 1.76 bits per heavy atom. The average molecular weight is 462 g/mol. The highest BCUT2D eigenvalue weighted by Gasteiger charge is 2.31. The molecule has 3 aromatic rings. The van der Waals surface area contributed by atoms with E-state index in [1.165, 1.54) is 24.3 Å². The molecule has 33 heavy (non-hydrogen) atoms. The first-order valence-corrected chi connectivity index (χ1v) is 10.4. The number of piperidine rings is 1. The molecule has 3 N–H and O–H groups in total. The van der Waals surface area contributed by atoms with Crippen LogP contribution in [0.15, 0.2) is 48.5 Å². The normalized spacial score (nSPS) is 15.1. The molecule has 0 spiro atoms. The highest BCUT2D eigenvalue weighted by atomic mass is 19.4. The SMILES string of the molecule is N=C(N)c1ccc2cc(C(=O)N3CCC(F)CC3)n(Cc3ccc(OC(F)(F)F)cc3)c2c1. The Morgan fingerprint density at radius 1 is 1.09 bits per heavy atom. The van der Waals surface area contributed by atoms with Gasteiger partial charge in [-0.25, -0.2) is 4.39 Å². The molecule has 174 valence electrons. The lowest BCUT2D eigenvalue weighted by Crippen LogP contribution is -2.39. The van der Waals surface area contributed by atoms with Crippen LogP contribution in [-0.4, -0.2) is 46.8 Å². The quantitative estimate of drug-likeness (QED) is 0.334. The second-order valence-electron chi connectivity index (χ2n) is 7.96. The molecule has 0 atom stereocenters. The van der Waals surface area contributed by atoms with Crippen LogP contribution in [0.1, 0.15) is 34.5 Å². The molecule has 1 aliphatic rings. The van der Waals surface area contributed by atoms with Gasteiger partial charge < -0.3 is 19.9 Å². The third-order valence-corrected chi connectivity index (χ3v) is 5.64. The number of nitrogen functional groups attached to an aromatic ring is 1. The molecule has 0 aliphatic carbocycles. The van der Waals surface area contributed by atoms with E-state index in [1.807, 2.05) is 0 Å². The minimum absolute atomic E-state index is 0.129. The van der Waals surface area contributed by atoms with Crippen molar-refractivity contribution >= 4 is 22.6 Å². The van der Waals surface area contributed by atoms with Gasteiger partial charge in [0.1, 0.15) is 23.5 Å². The van der Waals surface area contributed by atoms with E-state index in [0.717, 1.165) is 5.39 Å². The minimum Gasteiger partial charge on any atom is -0.406 e. The van der Waals surface area contributed by atoms with E-state index in [9.17, 15) is 22.4 Å². The zero-order valence-corrected chi connectivity index (χ0v) is 17.5. The molecule has 1 saturated heterocycles. The largest absolute Gasteiger partial charge is 0.573 e. The van der Waals surface area contributed by atoms with Gasteiger partial charge in [-0.3, -0.25) is 10.2 Å². The number of benzene rings is 2. The Labute approximate surface area is 187 Å². The van der Waals surface area contributed by atoms with E-state index < -0.39 is 12.5 Å². The zero-order valence-electron chi connectivity index (χ0n) is 17.5. The van der Waals surface area contributed by atoms with Crippen LogP contribution in [0.25, 0.3) is 10.9 Å². The maximum atomic E-state index is 13.6. The standard InChI is InChI=1S/C23H22F4N4O2/c24-17-7-9-30(10-8-17)22(32)20-11-15-3-4-16(21(28)29)12-19(15)31(20)13-14-1-5-18(6-2-14)33-23(25,26)27/h1-6,11-12,17H,7-10,13H2,(H3,28,29). The van der Waals surface area contributed by atoms with Crippen molar-refractivity contribution in [3.05, 3.63) is 65.4 Å². The predicted octanol–water partition coefficient (Wildman–Crippen LogP) is 4.45. The lowest BCUT2D eigenvalue weighted by Gasteiger charge is -2.29. The number of amidine groups is 1. The van der Waals surface area contributed by atoms with E-state index in [2.05, 4.69) is 4.74 Å². The lowest BCUT2D eigenvalue weighted by atomic mass is 10.1. The number of ether oxygens (including phenoxy) is 1. The Morgan fingerprint density at radius 3 is 2.36 bits per heavy atom. The average Bonchev–Trinajstić information content (AvgIpc) is 3.11. The van der Waals surface area contributed by atoms with Crippen LogP contribution < -0.4 is 10.5 Å². The maximum absolute atomic E-state index is 13.6. The first-order valence-electron chi connectivity index (χ1n) is 10.4. The number of hydrogen-bond donors (Lipinski definition) is 2. The summed E-state index contributed by atoms with van der Waals surface area (Å²) in [5.41, 5.74) is 7.78. The van der Waals surface area contributed by atoms with Gasteiger partial charge in [0.05, 0.1) is 0 Å². The Hall–Kier alpha value is -3.56. The van der Waals surface area contributed by atoms with Crippen molar-refractivity contribution in [2.75, 3.05) is 13.1 Å². The zero-order chi connectivity index (χ0) is 23.8. The molecule has 6 nitrogen and oxygen atoms in total. The van der Waals surface area contributed by atoms with E-state index >= 15 is 0 Å². The van der Waals surface area contributed by atoms with Crippen molar-refractivity contribution in [1.82, 2.24) is 9.47 Å². The fraction of sp³-hybridized carbons (Fsp3) is 0.304. The fourth-order valence-corrected chi connectivity index (χ4v) is 3.96. The number of nitrogens with zero attached hydrogens (tertiary/aromatic N) is 2. The molecule has 1 fully saturated rings. The maximum Gasteiger partial charge on any atom is 0.573 e. The molecule has 1 amide bonds. The number of amides is 1. The van der Waals surface area contributed by atoms with Gasteiger partial charge in [0.15, 0.2) is 0 Å². The summed E-state index contributed by atoms with van der Waals surface area (Å²) < 4.78 is 56.6. The Bertz CT molecular complexity index is 1180. The number of alkyl halides is 4. The summed E-state index contributed by atoms with van der Waals surface area (Å²) in [6.07, 6.45) is -5.15. The van der Waals surface area contributed by atoms with Gasteiger partial charge in [-0.15, -0.1) is 13.2 Å². The molecule has 4 rings (SSSR count). The first kappa shape index (κ1) is 22.6. The van der Waals surface area contributed by atoms with Crippen molar-refractivity contribution in [3.63, 3.8) is 0 Å². The molecule has 0 unspecified atom stereocenters. The Kier molecular flexibility index (Phi) is 6.01. The van der Waals surface area contributed by atoms with E-state index in [-0.39, 0.29) is 36.9 Å². The number of nitrogens with two attached hydrogens (primary N) is 1. The molecule has 0 bridgehead atoms. The van der Waals surface area contributed by atoms with Gasteiger partial charge in [-0.05, 0) is 42.7 Å². The predicted molar refractivity (Wildman–Crippen MR) is 115 cm³/mol. The summed E-state index contributed by atoms with van der Waals surface area (Å²) in [5, 5.41) is 8.47. The number of hydrogen-bond acceptors (Lipinski definition) is 3. The van der Waals surface area contributed by atoms with Crippen LogP contribution in [0, 0.1) is 5.41 Å². The minimum atomic E-state index is -4.78. The lowest BCUT2D eigenvalue weighted by molar-refractivity contribution is -0.274. The number of halogens is 4. The van der Waals surface area contributed by atoms with Gasteiger partial charge >= 0.3 is 6.36 Å². The summed E-state index contributed by atoms with van der Waals surface area (Å²) in [5.74, 6) is -0.719. The first-order chi connectivity index (χ1) is 15.6. The molecule has 1 aliphatic heterocycles. The van der Waals surface area contributed by atoms with Gasteiger partial charge in [0.25, 0.3) is 5.91 Å². The molecular weight excluding hydrogens is 440 g/mol. The van der Waals surface area contributed by atoms with Gasteiger partial charge in [0, 0.05) is 36.1 Å².